The summed E-state index contributed by atoms with van der Waals surface area (Å²) in [5.41, 5.74) is 1.56. The molecule has 1 nitrogen and oxygen atoms in total. The first-order valence-electron chi connectivity index (χ1n) is 7.18. The van der Waals surface area contributed by atoms with Crippen molar-refractivity contribution in [3.63, 3.8) is 0 Å². The van der Waals surface area contributed by atoms with Crippen LogP contribution in [-0.4, -0.2) is 6.61 Å². The number of hydrogen-bond donors (Lipinski definition) is 0. The second-order valence-corrected chi connectivity index (χ2v) is 7.10. The molecule has 0 saturated carbocycles. The Hall–Kier alpha value is -0.690. The zero-order valence-electron chi connectivity index (χ0n) is 12.9. The van der Waals surface area contributed by atoms with E-state index in [0.717, 1.165) is 12.2 Å². The highest BCUT2D eigenvalue weighted by molar-refractivity contribution is 6.20. The predicted molar refractivity (Wildman–Crippen MR) is 84.1 cm³/mol. The van der Waals surface area contributed by atoms with Crippen LogP contribution >= 0.6 is 11.6 Å². The number of benzene rings is 1. The molecule has 2 unspecified atom stereocenters. The molecule has 0 aliphatic heterocycles. The van der Waals surface area contributed by atoms with Gasteiger partial charge in [-0.15, -0.1) is 11.6 Å². The summed E-state index contributed by atoms with van der Waals surface area (Å²) in [7, 11) is 0. The third-order valence-electron chi connectivity index (χ3n) is 3.12. The standard InChI is InChI=1S/C17H27ClO/c1-6-19-15-9-7-14(8-10-15)16(18)11-13(2)12-17(3,4)5/h7-10,13,16H,6,11-12H2,1-5H3. The molecule has 0 aromatic heterocycles. The van der Waals surface area contributed by atoms with E-state index in [0.29, 0.717) is 17.9 Å². The molecule has 2 atom stereocenters. The van der Waals surface area contributed by atoms with E-state index in [1.165, 1.54) is 12.0 Å². The Kier molecular flexibility index (Phi) is 6.19. The highest BCUT2D eigenvalue weighted by atomic mass is 35.5. The Morgan fingerprint density at radius 2 is 1.74 bits per heavy atom. The molecule has 0 radical (unpaired) electrons. The fraction of sp³-hybridized carbons (Fsp3) is 0.647. The molecule has 1 aromatic carbocycles. The number of rotatable bonds is 6. The summed E-state index contributed by atoms with van der Waals surface area (Å²) in [6.07, 6.45) is 2.22. The quantitative estimate of drug-likeness (QED) is 0.597. The van der Waals surface area contributed by atoms with E-state index in [2.05, 4.69) is 39.8 Å². The Morgan fingerprint density at radius 3 is 2.21 bits per heavy atom. The molecule has 0 aliphatic rings. The van der Waals surface area contributed by atoms with Crippen LogP contribution in [0.3, 0.4) is 0 Å². The van der Waals surface area contributed by atoms with Gasteiger partial charge in [-0.1, -0.05) is 39.8 Å². The van der Waals surface area contributed by atoms with Gasteiger partial charge in [0.2, 0.25) is 0 Å². The van der Waals surface area contributed by atoms with Crippen LogP contribution in [-0.2, 0) is 0 Å². The molecule has 0 amide bonds. The Balaban J connectivity index is 2.55. The van der Waals surface area contributed by atoms with Gasteiger partial charge < -0.3 is 4.74 Å². The Bertz CT molecular complexity index is 364. The van der Waals surface area contributed by atoms with Crippen molar-refractivity contribution in [3.8, 4) is 5.75 Å². The maximum atomic E-state index is 6.52. The molecule has 0 aliphatic carbocycles. The third kappa shape index (κ3) is 6.33. The van der Waals surface area contributed by atoms with E-state index in [1.54, 1.807) is 0 Å². The molecule has 2 heteroatoms. The van der Waals surface area contributed by atoms with E-state index in [1.807, 2.05) is 19.1 Å². The molecule has 0 heterocycles. The zero-order valence-corrected chi connectivity index (χ0v) is 13.6. The second-order valence-electron chi connectivity index (χ2n) is 6.58. The summed E-state index contributed by atoms with van der Waals surface area (Å²) < 4.78 is 5.44. The number of ether oxygens (including phenoxy) is 1. The maximum Gasteiger partial charge on any atom is 0.119 e. The average Bonchev–Trinajstić information content (AvgIpc) is 2.27. The smallest absolute Gasteiger partial charge is 0.119 e. The molecule has 1 aromatic rings. The molecule has 108 valence electrons. The summed E-state index contributed by atoms with van der Waals surface area (Å²) in [6.45, 7) is 11.8. The molecular formula is C17H27ClO. The van der Waals surface area contributed by atoms with Gasteiger partial charge in [-0.3, -0.25) is 0 Å². The second kappa shape index (κ2) is 7.19. The molecule has 0 spiro atoms. The molecule has 19 heavy (non-hydrogen) atoms. The van der Waals surface area contributed by atoms with Crippen molar-refractivity contribution in [2.24, 2.45) is 11.3 Å². The van der Waals surface area contributed by atoms with Crippen molar-refractivity contribution >= 4 is 11.6 Å². The van der Waals surface area contributed by atoms with Crippen LogP contribution in [0, 0.1) is 11.3 Å². The average molecular weight is 283 g/mol. The highest BCUT2D eigenvalue weighted by Crippen LogP contribution is 2.34. The molecule has 0 N–H and O–H groups in total. The van der Waals surface area contributed by atoms with Gasteiger partial charge in [-0.25, -0.2) is 0 Å². The van der Waals surface area contributed by atoms with Crippen LogP contribution in [0.2, 0.25) is 0 Å². The fourth-order valence-electron chi connectivity index (χ4n) is 2.56. The van der Waals surface area contributed by atoms with E-state index in [-0.39, 0.29) is 5.38 Å². The molecule has 0 bridgehead atoms. The van der Waals surface area contributed by atoms with Gasteiger partial charge in [-0.2, -0.15) is 0 Å². The van der Waals surface area contributed by atoms with E-state index < -0.39 is 0 Å². The fourth-order valence-corrected chi connectivity index (χ4v) is 3.01. The van der Waals surface area contributed by atoms with Gasteiger partial charge in [0.25, 0.3) is 0 Å². The molecule has 0 fully saturated rings. The van der Waals surface area contributed by atoms with Crippen LogP contribution in [0.15, 0.2) is 24.3 Å². The van der Waals surface area contributed by atoms with E-state index in [9.17, 15) is 0 Å². The number of halogens is 1. The van der Waals surface area contributed by atoms with E-state index >= 15 is 0 Å². The van der Waals surface area contributed by atoms with Crippen molar-refractivity contribution in [1.82, 2.24) is 0 Å². The first-order valence-corrected chi connectivity index (χ1v) is 7.62. The Morgan fingerprint density at radius 1 is 1.16 bits per heavy atom. The van der Waals surface area contributed by atoms with Crippen LogP contribution in [0.25, 0.3) is 0 Å². The minimum absolute atomic E-state index is 0.0908. The molecular weight excluding hydrogens is 256 g/mol. The summed E-state index contributed by atoms with van der Waals surface area (Å²) in [6, 6.07) is 8.16. The molecule has 1 rings (SSSR count). The normalized spacial score (nSPS) is 15.1. The van der Waals surface area contributed by atoms with Crippen LogP contribution in [0.5, 0.6) is 5.75 Å². The van der Waals surface area contributed by atoms with Crippen LogP contribution < -0.4 is 4.74 Å². The third-order valence-corrected chi connectivity index (χ3v) is 3.55. The number of alkyl halides is 1. The van der Waals surface area contributed by atoms with Crippen LogP contribution in [0.1, 0.15) is 58.4 Å². The van der Waals surface area contributed by atoms with Gasteiger partial charge in [0.1, 0.15) is 5.75 Å². The maximum absolute atomic E-state index is 6.52. The van der Waals surface area contributed by atoms with Crippen molar-refractivity contribution < 1.29 is 4.74 Å². The van der Waals surface area contributed by atoms with Gasteiger partial charge >= 0.3 is 0 Å². The largest absolute Gasteiger partial charge is 0.494 e. The first kappa shape index (κ1) is 16.4. The lowest BCUT2D eigenvalue weighted by Gasteiger charge is -2.24. The monoisotopic (exact) mass is 282 g/mol. The highest BCUT2D eigenvalue weighted by Gasteiger charge is 2.19. The zero-order chi connectivity index (χ0) is 14.5. The topological polar surface area (TPSA) is 9.23 Å². The summed E-state index contributed by atoms with van der Waals surface area (Å²) >= 11 is 6.52. The van der Waals surface area contributed by atoms with Gasteiger partial charge in [0.15, 0.2) is 0 Å². The Labute approximate surface area is 123 Å². The lowest BCUT2D eigenvalue weighted by Crippen LogP contribution is -2.12. The minimum atomic E-state index is 0.0908. The van der Waals surface area contributed by atoms with Crippen molar-refractivity contribution in [2.45, 2.75) is 52.8 Å². The minimum Gasteiger partial charge on any atom is -0.494 e. The first-order chi connectivity index (χ1) is 8.81. The van der Waals surface area contributed by atoms with Gasteiger partial charge in [0.05, 0.1) is 12.0 Å². The lowest BCUT2D eigenvalue weighted by atomic mass is 9.83. The SMILES string of the molecule is CCOc1ccc(C(Cl)CC(C)CC(C)(C)C)cc1. The van der Waals surface area contributed by atoms with Crippen molar-refractivity contribution in [1.29, 1.82) is 0 Å². The van der Waals surface area contributed by atoms with Gasteiger partial charge in [0, 0.05) is 0 Å². The number of hydrogen-bond acceptors (Lipinski definition) is 1. The lowest BCUT2D eigenvalue weighted by molar-refractivity contribution is 0.295. The van der Waals surface area contributed by atoms with Crippen molar-refractivity contribution in [2.75, 3.05) is 6.61 Å². The van der Waals surface area contributed by atoms with Gasteiger partial charge in [-0.05, 0) is 48.8 Å². The predicted octanol–water partition coefficient (Wildman–Crippen LogP) is 5.83. The van der Waals surface area contributed by atoms with Crippen molar-refractivity contribution in [3.05, 3.63) is 29.8 Å². The summed E-state index contributed by atoms with van der Waals surface area (Å²) in [5.74, 6) is 1.55. The van der Waals surface area contributed by atoms with E-state index in [4.69, 9.17) is 16.3 Å². The summed E-state index contributed by atoms with van der Waals surface area (Å²) in [4.78, 5) is 0. The summed E-state index contributed by atoms with van der Waals surface area (Å²) in [5, 5.41) is 0.0908. The molecule has 0 saturated heterocycles. The van der Waals surface area contributed by atoms with Crippen LogP contribution in [0.4, 0.5) is 0 Å².